The van der Waals surface area contributed by atoms with Crippen LogP contribution in [-0.2, 0) is 20.7 Å². The van der Waals surface area contributed by atoms with Gasteiger partial charge in [-0.3, -0.25) is 4.79 Å². The Kier molecular flexibility index (Phi) is 6.74. The zero-order valence-corrected chi connectivity index (χ0v) is 12.3. The lowest BCUT2D eigenvalue weighted by atomic mass is 10.00. The number of carbonyl (C=O) groups is 1. The molecule has 0 spiro atoms. The highest BCUT2D eigenvalue weighted by atomic mass is 16.7. The van der Waals surface area contributed by atoms with E-state index in [0.29, 0.717) is 25.6 Å². The van der Waals surface area contributed by atoms with Gasteiger partial charge in [-0.1, -0.05) is 38.1 Å². The van der Waals surface area contributed by atoms with E-state index in [1.54, 1.807) is 0 Å². The molecule has 0 heterocycles. The molecule has 0 aliphatic rings. The third kappa shape index (κ3) is 5.13. The summed E-state index contributed by atoms with van der Waals surface area (Å²) in [5, 5.41) is 0. The van der Waals surface area contributed by atoms with Gasteiger partial charge in [-0.15, -0.1) is 0 Å². The normalized spacial score (nSPS) is 11.3. The van der Waals surface area contributed by atoms with Crippen molar-refractivity contribution in [3.8, 4) is 0 Å². The van der Waals surface area contributed by atoms with E-state index in [0.717, 1.165) is 5.56 Å². The molecule has 0 fully saturated rings. The van der Waals surface area contributed by atoms with Gasteiger partial charge in [0.1, 0.15) is 0 Å². The molecule has 0 bridgehead atoms. The maximum atomic E-state index is 12.1. The fraction of sp³-hybridized carbons (Fsp3) is 0.562. The van der Waals surface area contributed by atoms with Gasteiger partial charge in [-0.05, 0) is 30.9 Å². The third-order valence-corrected chi connectivity index (χ3v) is 2.92. The fourth-order valence-electron chi connectivity index (χ4n) is 1.84. The van der Waals surface area contributed by atoms with Gasteiger partial charge in [0.2, 0.25) is 6.29 Å². The van der Waals surface area contributed by atoms with Crippen LogP contribution in [0.3, 0.4) is 0 Å². The Bertz CT molecular complexity index is 375. The van der Waals surface area contributed by atoms with Crippen LogP contribution in [0.25, 0.3) is 0 Å². The highest BCUT2D eigenvalue weighted by Gasteiger charge is 2.18. The highest BCUT2D eigenvalue weighted by molar-refractivity contribution is 5.84. The molecule has 0 N–H and O–H groups in total. The molecule has 3 nitrogen and oxygen atoms in total. The van der Waals surface area contributed by atoms with E-state index in [1.807, 2.05) is 26.0 Å². The third-order valence-electron chi connectivity index (χ3n) is 2.92. The number of ketones is 1. The number of hydrogen-bond acceptors (Lipinski definition) is 3. The summed E-state index contributed by atoms with van der Waals surface area (Å²) in [7, 11) is 0. The maximum Gasteiger partial charge on any atom is 0.218 e. The number of carbonyl (C=O) groups excluding carboxylic acids is 1. The molecule has 19 heavy (non-hydrogen) atoms. The second-order valence-corrected chi connectivity index (χ2v) is 4.78. The summed E-state index contributed by atoms with van der Waals surface area (Å²) in [5.74, 6) is 0.477. The number of benzene rings is 1. The van der Waals surface area contributed by atoms with E-state index in [-0.39, 0.29) is 5.78 Å². The Hall–Kier alpha value is -1.19. The Morgan fingerprint density at radius 3 is 2.00 bits per heavy atom. The molecule has 0 radical (unpaired) electrons. The van der Waals surface area contributed by atoms with Crippen molar-refractivity contribution in [2.75, 3.05) is 13.2 Å². The smallest absolute Gasteiger partial charge is 0.218 e. The summed E-state index contributed by atoms with van der Waals surface area (Å²) in [6, 6.07) is 8.15. The van der Waals surface area contributed by atoms with E-state index in [9.17, 15) is 4.79 Å². The van der Waals surface area contributed by atoms with Crippen LogP contribution in [0, 0.1) is 0 Å². The van der Waals surface area contributed by atoms with Crippen molar-refractivity contribution < 1.29 is 14.3 Å². The molecule has 0 aromatic heterocycles. The van der Waals surface area contributed by atoms with E-state index >= 15 is 0 Å². The first-order chi connectivity index (χ1) is 9.08. The molecule has 1 rings (SSSR count). The van der Waals surface area contributed by atoms with Crippen LogP contribution in [0.15, 0.2) is 24.3 Å². The quantitative estimate of drug-likeness (QED) is 0.676. The lowest BCUT2D eigenvalue weighted by Gasteiger charge is -2.15. The van der Waals surface area contributed by atoms with E-state index in [1.165, 1.54) is 5.56 Å². The number of ether oxygens (including phenoxy) is 2. The predicted molar refractivity (Wildman–Crippen MR) is 76.3 cm³/mol. The van der Waals surface area contributed by atoms with Crippen LogP contribution in [-0.4, -0.2) is 25.3 Å². The average Bonchev–Trinajstić information content (AvgIpc) is 2.39. The molecular formula is C16H24O3. The summed E-state index contributed by atoms with van der Waals surface area (Å²) in [4.78, 5) is 12.1. The first-order valence-corrected chi connectivity index (χ1v) is 6.93. The largest absolute Gasteiger partial charge is 0.346 e. The lowest BCUT2D eigenvalue weighted by Crippen LogP contribution is -2.29. The minimum absolute atomic E-state index is 0.0269. The molecule has 1 aromatic carbocycles. The summed E-state index contributed by atoms with van der Waals surface area (Å²) in [6.07, 6.45) is -0.386. The monoisotopic (exact) mass is 264 g/mol. The SMILES string of the molecule is CCOC(OCC)C(=O)Cc1ccc(C(C)C)cc1. The molecule has 0 atom stereocenters. The molecule has 0 saturated heterocycles. The van der Waals surface area contributed by atoms with Gasteiger partial charge < -0.3 is 9.47 Å². The Morgan fingerprint density at radius 1 is 1.05 bits per heavy atom. The molecule has 0 unspecified atom stereocenters. The molecule has 3 heteroatoms. The molecule has 106 valence electrons. The summed E-state index contributed by atoms with van der Waals surface area (Å²) in [6.45, 7) is 8.97. The van der Waals surface area contributed by atoms with E-state index in [2.05, 4.69) is 26.0 Å². The number of hydrogen-bond donors (Lipinski definition) is 0. The standard InChI is InChI=1S/C16H24O3/c1-5-18-16(19-6-2)15(17)11-13-7-9-14(10-8-13)12(3)4/h7-10,12,16H,5-6,11H2,1-4H3. The second-order valence-electron chi connectivity index (χ2n) is 4.78. The fourth-order valence-corrected chi connectivity index (χ4v) is 1.84. The van der Waals surface area contributed by atoms with Gasteiger partial charge in [0.05, 0.1) is 0 Å². The first kappa shape index (κ1) is 15.9. The molecular weight excluding hydrogens is 240 g/mol. The van der Waals surface area contributed by atoms with Gasteiger partial charge in [0.25, 0.3) is 0 Å². The van der Waals surface area contributed by atoms with Gasteiger partial charge in [0, 0.05) is 19.6 Å². The zero-order chi connectivity index (χ0) is 14.3. The van der Waals surface area contributed by atoms with Gasteiger partial charge in [0.15, 0.2) is 5.78 Å². The van der Waals surface area contributed by atoms with Crippen LogP contribution in [0.5, 0.6) is 0 Å². The van der Waals surface area contributed by atoms with Crippen molar-refractivity contribution in [1.82, 2.24) is 0 Å². The summed E-state index contributed by atoms with van der Waals surface area (Å²) in [5.41, 5.74) is 2.28. The number of rotatable bonds is 8. The van der Waals surface area contributed by atoms with Crippen molar-refractivity contribution in [3.05, 3.63) is 35.4 Å². The van der Waals surface area contributed by atoms with Crippen LogP contribution in [0.1, 0.15) is 44.7 Å². The van der Waals surface area contributed by atoms with Crippen molar-refractivity contribution in [2.24, 2.45) is 0 Å². The van der Waals surface area contributed by atoms with Gasteiger partial charge >= 0.3 is 0 Å². The second kappa shape index (κ2) is 8.08. The van der Waals surface area contributed by atoms with Crippen molar-refractivity contribution >= 4 is 5.78 Å². The molecule has 1 aromatic rings. The Labute approximate surface area is 115 Å². The van der Waals surface area contributed by atoms with Crippen molar-refractivity contribution in [1.29, 1.82) is 0 Å². The van der Waals surface area contributed by atoms with E-state index < -0.39 is 6.29 Å². The highest BCUT2D eigenvalue weighted by Crippen LogP contribution is 2.15. The minimum Gasteiger partial charge on any atom is -0.346 e. The lowest BCUT2D eigenvalue weighted by molar-refractivity contribution is -0.167. The topological polar surface area (TPSA) is 35.5 Å². The first-order valence-electron chi connectivity index (χ1n) is 6.93. The zero-order valence-electron chi connectivity index (χ0n) is 12.3. The van der Waals surface area contributed by atoms with Crippen molar-refractivity contribution in [2.45, 2.75) is 46.3 Å². The van der Waals surface area contributed by atoms with Crippen LogP contribution >= 0.6 is 0 Å². The van der Waals surface area contributed by atoms with Crippen LogP contribution in [0.2, 0.25) is 0 Å². The molecule has 0 aliphatic carbocycles. The van der Waals surface area contributed by atoms with Crippen LogP contribution in [0.4, 0.5) is 0 Å². The molecule has 0 amide bonds. The Morgan fingerprint density at radius 2 is 1.58 bits per heavy atom. The van der Waals surface area contributed by atoms with Gasteiger partial charge in [-0.25, -0.2) is 0 Å². The number of Topliss-reactive ketones (excluding diaryl/α,β-unsaturated/α-hetero) is 1. The van der Waals surface area contributed by atoms with Crippen LogP contribution < -0.4 is 0 Å². The summed E-state index contributed by atoms with van der Waals surface area (Å²) < 4.78 is 10.6. The van der Waals surface area contributed by atoms with Crippen molar-refractivity contribution in [3.63, 3.8) is 0 Å². The summed E-state index contributed by atoms with van der Waals surface area (Å²) >= 11 is 0. The molecule has 0 saturated carbocycles. The van der Waals surface area contributed by atoms with Gasteiger partial charge in [-0.2, -0.15) is 0 Å². The molecule has 0 aliphatic heterocycles. The predicted octanol–water partition coefficient (Wildman–Crippen LogP) is 3.32. The Balaban J connectivity index is 2.64. The van der Waals surface area contributed by atoms with E-state index in [4.69, 9.17) is 9.47 Å². The average molecular weight is 264 g/mol. The minimum atomic E-state index is -0.736. The maximum absolute atomic E-state index is 12.1.